The summed E-state index contributed by atoms with van der Waals surface area (Å²) in [5, 5.41) is 10.5. The predicted octanol–water partition coefficient (Wildman–Crippen LogP) is 5.43. The van der Waals surface area contributed by atoms with E-state index >= 15 is 4.39 Å². The molecular weight excluding hydrogens is 471 g/mol. The van der Waals surface area contributed by atoms with Gasteiger partial charge in [0.15, 0.2) is 11.6 Å². The number of pyridine rings is 2. The highest BCUT2D eigenvalue weighted by Crippen LogP contribution is 2.35. The van der Waals surface area contributed by atoms with Crippen molar-refractivity contribution in [2.45, 2.75) is 39.0 Å². The maximum absolute atomic E-state index is 16.0. The normalized spacial score (nSPS) is 13.9. The molecule has 1 amide bonds. The molecule has 3 N–H and O–H groups in total. The van der Waals surface area contributed by atoms with Crippen molar-refractivity contribution in [3.05, 3.63) is 48.7 Å². The van der Waals surface area contributed by atoms with Crippen LogP contribution in [0.2, 0.25) is 0 Å². The number of nitrogens with one attached hydrogen (secondary N) is 3. The van der Waals surface area contributed by atoms with E-state index in [1.807, 2.05) is 13.0 Å². The number of piperidine rings is 1. The van der Waals surface area contributed by atoms with Crippen molar-refractivity contribution in [3.63, 3.8) is 0 Å². The molecule has 0 spiro atoms. The first-order valence-corrected chi connectivity index (χ1v) is 12.6. The Hall–Kier alpha value is -4.34. The number of halogens is 1. The van der Waals surface area contributed by atoms with Crippen molar-refractivity contribution >= 4 is 39.3 Å². The summed E-state index contributed by atoms with van der Waals surface area (Å²) in [5.74, 6) is 0.781. The molecule has 6 rings (SSSR count). The molecule has 0 atom stereocenters. The van der Waals surface area contributed by atoms with E-state index in [-0.39, 0.29) is 5.91 Å². The molecule has 5 heterocycles. The Kier molecular flexibility index (Phi) is 5.99. The van der Waals surface area contributed by atoms with Gasteiger partial charge in [-0.25, -0.2) is 14.4 Å². The van der Waals surface area contributed by atoms with Crippen molar-refractivity contribution in [2.24, 2.45) is 0 Å². The molecule has 37 heavy (non-hydrogen) atoms. The minimum atomic E-state index is -0.435. The number of fused-ring (bicyclic) bond motifs is 2. The van der Waals surface area contributed by atoms with Crippen LogP contribution in [-0.2, 0) is 4.79 Å². The molecule has 1 aliphatic heterocycles. The van der Waals surface area contributed by atoms with Gasteiger partial charge in [-0.1, -0.05) is 6.92 Å². The third kappa shape index (κ3) is 4.28. The first-order chi connectivity index (χ1) is 18.1. The van der Waals surface area contributed by atoms with Gasteiger partial charge < -0.3 is 15.2 Å². The number of hydrogen-bond acceptors (Lipinski definition) is 6. The molecule has 4 aromatic heterocycles. The van der Waals surface area contributed by atoms with E-state index in [4.69, 9.17) is 4.98 Å². The van der Waals surface area contributed by atoms with E-state index < -0.39 is 5.82 Å². The molecule has 1 fully saturated rings. The Morgan fingerprint density at radius 2 is 2.00 bits per heavy atom. The highest BCUT2D eigenvalue weighted by molar-refractivity contribution is 5.98. The summed E-state index contributed by atoms with van der Waals surface area (Å²) in [6.45, 7) is 3.83. The monoisotopic (exact) mass is 498 g/mol. The zero-order valence-electron chi connectivity index (χ0n) is 20.5. The number of carbonyl (C=O) groups excluding carboxylic acids is 1. The average molecular weight is 499 g/mol. The third-order valence-electron chi connectivity index (χ3n) is 6.74. The Labute approximate surface area is 212 Å². The quantitative estimate of drug-likeness (QED) is 0.287. The van der Waals surface area contributed by atoms with Crippen LogP contribution >= 0.6 is 0 Å². The Morgan fingerprint density at radius 3 is 2.84 bits per heavy atom. The Balaban J connectivity index is 1.41. The van der Waals surface area contributed by atoms with Crippen LogP contribution in [0.15, 0.2) is 42.9 Å². The number of rotatable bonds is 6. The second-order valence-electron chi connectivity index (χ2n) is 9.35. The lowest BCUT2D eigenvalue weighted by Crippen LogP contribution is -2.30. The average Bonchev–Trinajstić information content (AvgIpc) is 3.54. The fourth-order valence-electron chi connectivity index (χ4n) is 4.94. The lowest BCUT2D eigenvalue weighted by molar-refractivity contribution is -0.116. The van der Waals surface area contributed by atoms with E-state index in [1.54, 1.807) is 36.8 Å². The lowest BCUT2D eigenvalue weighted by atomic mass is 10.0. The number of hydrogen-bond donors (Lipinski definition) is 3. The Bertz CT molecular complexity index is 1600. The first kappa shape index (κ1) is 23.1. The first-order valence-electron chi connectivity index (χ1n) is 12.6. The number of benzene rings is 1. The van der Waals surface area contributed by atoms with Crippen LogP contribution in [0.3, 0.4) is 0 Å². The molecule has 0 aliphatic carbocycles. The second-order valence-corrected chi connectivity index (χ2v) is 9.35. The molecule has 10 heteroatoms. The van der Waals surface area contributed by atoms with E-state index in [0.717, 1.165) is 49.2 Å². The van der Waals surface area contributed by atoms with Crippen LogP contribution < -0.4 is 10.2 Å². The van der Waals surface area contributed by atoms with Gasteiger partial charge in [-0.3, -0.25) is 14.9 Å². The van der Waals surface area contributed by atoms with E-state index in [1.165, 1.54) is 6.42 Å². The molecule has 1 aliphatic rings. The van der Waals surface area contributed by atoms with Crippen LogP contribution in [-0.4, -0.2) is 49.1 Å². The van der Waals surface area contributed by atoms with Crippen molar-refractivity contribution in [1.29, 1.82) is 0 Å². The number of carbonyl (C=O) groups is 1. The molecule has 1 saturated heterocycles. The van der Waals surface area contributed by atoms with Gasteiger partial charge in [0.05, 0.1) is 28.3 Å². The minimum Gasteiger partial charge on any atom is -0.355 e. The minimum absolute atomic E-state index is 0.0993. The van der Waals surface area contributed by atoms with Crippen LogP contribution in [0.25, 0.3) is 44.6 Å². The highest BCUT2D eigenvalue weighted by Gasteiger charge is 2.22. The summed E-state index contributed by atoms with van der Waals surface area (Å²) in [7, 11) is 0. The molecular formula is C27H27FN8O. The molecule has 0 saturated carbocycles. The van der Waals surface area contributed by atoms with Gasteiger partial charge in [0, 0.05) is 43.0 Å². The molecule has 188 valence electrons. The molecule has 1 aromatic carbocycles. The van der Waals surface area contributed by atoms with Crippen molar-refractivity contribution in [1.82, 2.24) is 30.1 Å². The SMILES string of the molecule is CCCC(=O)Nc1cncc(-c2ccc3[nH]nc(-c4nc5c(N6CCCCC6)nccc5[nH]4)c3c2F)c1. The number of amides is 1. The Morgan fingerprint density at radius 1 is 1.14 bits per heavy atom. The largest absolute Gasteiger partial charge is 0.355 e. The lowest BCUT2D eigenvalue weighted by Gasteiger charge is -2.27. The smallest absolute Gasteiger partial charge is 0.224 e. The number of aromatic amines is 2. The second kappa shape index (κ2) is 9.61. The topological polar surface area (TPSA) is 115 Å². The van der Waals surface area contributed by atoms with Crippen molar-refractivity contribution in [2.75, 3.05) is 23.3 Å². The van der Waals surface area contributed by atoms with Gasteiger partial charge in [-0.15, -0.1) is 0 Å². The summed E-state index contributed by atoms with van der Waals surface area (Å²) >= 11 is 0. The van der Waals surface area contributed by atoms with Gasteiger partial charge in [0.2, 0.25) is 5.91 Å². The molecule has 5 aromatic rings. The van der Waals surface area contributed by atoms with Gasteiger partial charge in [0.25, 0.3) is 0 Å². The third-order valence-corrected chi connectivity index (χ3v) is 6.74. The van der Waals surface area contributed by atoms with Crippen LogP contribution in [0.1, 0.15) is 39.0 Å². The number of nitrogens with zero attached hydrogens (tertiary/aromatic N) is 5. The maximum atomic E-state index is 16.0. The van der Waals surface area contributed by atoms with Gasteiger partial charge in [-0.05, 0) is 49.9 Å². The van der Waals surface area contributed by atoms with E-state index in [0.29, 0.717) is 45.7 Å². The summed E-state index contributed by atoms with van der Waals surface area (Å²) in [4.78, 5) is 31.2. The predicted molar refractivity (Wildman–Crippen MR) is 142 cm³/mol. The summed E-state index contributed by atoms with van der Waals surface area (Å²) in [6.07, 6.45) is 9.55. The summed E-state index contributed by atoms with van der Waals surface area (Å²) in [5.41, 5.74) is 3.99. The maximum Gasteiger partial charge on any atom is 0.224 e. The van der Waals surface area contributed by atoms with Gasteiger partial charge >= 0.3 is 0 Å². The number of aromatic nitrogens is 6. The summed E-state index contributed by atoms with van der Waals surface area (Å²) in [6, 6.07) is 7.07. The van der Waals surface area contributed by atoms with Crippen LogP contribution in [0.4, 0.5) is 15.9 Å². The van der Waals surface area contributed by atoms with Crippen molar-refractivity contribution in [3.8, 4) is 22.6 Å². The summed E-state index contributed by atoms with van der Waals surface area (Å²) < 4.78 is 16.0. The fraction of sp³-hybridized carbons (Fsp3) is 0.296. The fourth-order valence-corrected chi connectivity index (χ4v) is 4.94. The molecule has 9 nitrogen and oxygen atoms in total. The number of anilines is 2. The standard InChI is InChI=1S/C27H27FN8O/c1-2-6-21(37)31-17-13-16(14-29-15-17)18-7-8-19-22(23(18)28)25(35-34-19)26-32-20-9-10-30-27(24(20)33-26)36-11-4-3-5-12-36/h7-10,13-15H,2-6,11-12H2,1H3,(H,31,37)(H,32,33)(H,34,35). The molecule has 0 unspecified atom stereocenters. The molecule has 0 radical (unpaired) electrons. The zero-order valence-corrected chi connectivity index (χ0v) is 20.5. The van der Waals surface area contributed by atoms with Gasteiger partial charge in [-0.2, -0.15) is 5.10 Å². The zero-order chi connectivity index (χ0) is 25.4. The van der Waals surface area contributed by atoms with Crippen LogP contribution in [0.5, 0.6) is 0 Å². The number of H-pyrrole nitrogens is 2. The highest BCUT2D eigenvalue weighted by atomic mass is 19.1. The van der Waals surface area contributed by atoms with Crippen molar-refractivity contribution < 1.29 is 9.18 Å². The number of imidazole rings is 1. The van der Waals surface area contributed by atoms with E-state index in [2.05, 4.69) is 35.4 Å². The van der Waals surface area contributed by atoms with Crippen LogP contribution in [0, 0.1) is 5.82 Å². The molecule has 0 bridgehead atoms. The van der Waals surface area contributed by atoms with Gasteiger partial charge in [0.1, 0.15) is 17.0 Å². The van der Waals surface area contributed by atoms with E-state index in [9.17, 15) is 4.79 Å².